The molecule has 0 aromatic rings. The number of aliphatic hydroxyl groups excluding tert-OH is 1. The molecule has 0 spiro atoms. The van der Waals surface area contributed by atoms with Gasteiger partial charge in [0.2, 0.25) is 0 Å². The van der Waals surface area contributed by atoms with Crippen LogP contribution in [0.1, 0.15) is 6.92 Å². The van der Waals surface area contributed by atoms with E-state index in [2.05, 4.69) is 22.9 Å². The Morgan fingerprint density at radius 2 is 1.87 bits per heavy atom. The average molecular weight is 218 g/mol. The Kier molecular flexibility index (Phi) is 9.35. The van der Waals surface area contributed by atoms with E-state index < -0.39 is 6.10 Å². The third-order valence-corrected chi connectivity index (χ3v) is 1.18. The van der Waals surface area contributed by atoms with Crippen LogP contribution in [0, 0.1) is 0 Å². The van der Waals surface area contributed by atoms with E-state index in [0.717, 1.165) is 5.57 Å². The summed E-state index contributed by atoms with van der Waals surface area (Å²) < 4.78 is 0. The van der Waals surface area contributed by atoms with Gasteiger partial charge >= 0.3 is 0 Å². The van der Waals surface area contributed by atoms with Gasteiger partial charge in [0.05, 0.1) is 0 Å². The monoisotopic (exact) mass is 218 g/mol. The molecule has 0 aliphatic carbocycles. The second kappa shape index (κ2) is 9.82. The van der Waals surface area contributed by atoms with Gasteiger partial charge < -0.3 is 5.11 Å². The summed E-state index contributed by atoms with van der Waals surface area (Å²) in [5.74, 6) is 0. The van der Waals surface area contributed by atoms with Gasteiger partial charge in [-0.05, 0) is 6.92 Å². The first-order chi connectivity index (χ1) is 7.16. The highest BCUT2D eigenvalue weighted by atomic mass is 17.2. The average Bonchev–Trinajstić information content (AvgIpc) is 2.19. The zero-order valence-electron chi connectivity index (χ0n) is 8.98. The zero-order valence-corrected chi connectivity index (χ0v) is 8.98. The highest BCUT2D eigenvalue weighted by Crippen LogP contribution is 1.93. The van der Waals surface area contributed by atoms with Crippen LogP contribution >= 0.6 is 0 Å². The van der Waals surface area contributed by atoms with Crippen LogP contribution in [0.5, 0.6) is 0 Å². The first kappa shape index (κ1) is 14.3. The molecular formula is C10H18O5. The molecule has 0 aliphatic rings. The van der Waals surface area contributed by atoms with Gasteiger partial charge in [-0.25, -0.2) is 19.6 Å². The molecule has 1 N–H and O–H groups in total. The summed E-state index contributed by atoms with van der Waals surface area (Å²) in [6.45, 7) is 9.49. The minimum Gasteiger partial charge on any atom is -0.388 e. The van der Waals surface area contributed by atoms with Crippen molar-refractivity contribution in [2.45, 2.75) is 13.0 Å². The maximum Gasteiger partial charge on any atom is 0.111 e. The number of rotatable bonds is 10. The van der Waals surface area contributed by atoms with Crippen molar-refractivity contribution in [3.8, 4) is 0 Å². The molecule has 0 rings (SSSR count). The standard InChI is InChI=1S/C10H18O5/c1-4-5-12-14-7-10(11)8-15-13-6-9(2)3/h4,10-11H,1-2,5-8H2,3H3. The summed E-state index contributed by atoms with van der Waals surface area (Å²) in [7, 11) is 0. The van der Waals surface area contributed by atoms with E-state index in [4.69, 9.17) is 9.78 Å². The lowest BCUT2D eigenvalue weighted by atomic mass is 10.4. The van der Waals surface area contributed by atoms with E-state index in [1.807, 2.05) is 6.92 Å². The van der Waals surface area contributed by atoms with E-state index in [0.29, 0.717) is 6.61 Å². The van der Waals surface area contributed by atoms with Crippen molar-refractivity contribution in [2.24, 2.45) is 0 Å². The Morgan fingerprint density at radius 1 is 1.27 bits per heavy atom. The molecule has 0 aromatic heterocycles. The van der Waals surface area contributed by atoms with E-state index in [9.17, 15) is 5.11 Å². The van der Waals surface area contributed by atoms with Gasteiger partial charge in [0.15, 0.2) is 0 Å². The molecule has 0 amide bonds. The van der Waals surface area contributed by atoms with Crippen molar-refractivity contribution in [2.75, 3.05) is 26.4 Å². The Balaban J connectivity index is 3.21. The lowest BCUT2D eigenvalue weighted by Gasteiger charge is -2.09. The predicted molar refractivity (Wildman–Crippen MR) is 54.8 cm³/mol. The lowest BCUT2D eigenvalue weighted by Crippen LogP contribution is -2.22. The predicted octanol–water partition coefficient (Wildman–Crippen LogP) is 1.01. The molecule has 5 heteroatoms. The van der Waals surface area contributed by atoms with Crippen LogP contribution in [-0.2, 0) is 19.6 Å². The van der Waals surface area contributed by atoms with E-state index in [1.165, 1.54) is 0 Å². The molecule has 0 radical (unpaired) electrons. The maximum atomic E-state index is 9.26. The fourth-order valence-corrected chi connectivity index (χ4v) is 0.540. The molecule has 15 heavy (non-hydrogen) atoms. The Bertz CT molecular complexity index is 181. The van der Waals surface area contributed by atoms with Crippen LogP contribution in [0.25, 0.3) is 0 Å². The van der Waals surface area contributed by atoms with Crippen molar-refractivity contribution in [3.05, 3.63) is 24.8 Å². The molecule has 0 saturated heterocycles. The number of hydrogen-bond acceptors (Lipinski definition) is 5. The maximum absolute atomic E-state index is 9.26. The summed E-state index contributed by atoms with van der Waals surface area (Å²) in [6.07, 6.45) is 0.749. The van der Waals surface area contributed by atoms with Gasteiger partial charge in [0.1, 0.15) is 32.5 Å². The Labute approximate surface area is 89.8 Å². The van der Waals surface area contributed by atoms with Gasteiger partial charge in [-0.1, -0.05) is 18.2 Å². The van der Waals surface area contributed by atoms with Crippen molar-refractivity contribution >= 4 is 0 Å². The van der Waals surface area contributed by atoms with Crippen LogP contribution < -0.4 is 0 Å². The van der Waals surface area contributed by atoms with Gasteiger partial charge in [-0.2, -0.15) is 0 Å². The largest absolute Gasteiger partial charge is 0.388 e. The Hall–Kier alpha value is -0.720. The summed E-state index contributed by atoms with van der Waals surface area (Å²) >= 11 is 0. The fraction of sp³-hybridized carbons (Fsp3) is 0.600. The number of aliphatic hydroxyl groups is 1. The minimum atomic E-state index is -0.792. The molecule has 0 aliphatic heterocycles. The van der Waals surface area contributed by atoms with Gasteiger partial charge in [0, 0.05) is 0 Å². The fourth-order valence-electron chi connectivity index (χ4n) is 0.540. The van der Waals surface area contributed by atoms with Crippen LogP contribution in [0.4, 0.5) is 0 Å². The second-order valence-corrected chi connectivity index (χ2v) is 3.02. The van der Waals surface area contributed by atoms with Crippen LogP contribution in [0.15, 0.2) is 24.8 Å². The third kappa shape index (κ3) is 11.2. The second-order valence-electron chi connectivity index (χ2n) is 3.02. The summed E-state index contributed by atoms with van der Waals surface area (Å²) in [5, 5.41) is 9.26. The van der Waals surface area contributed by atoms with Crippen LogP contribution in [-0.4, -0.2) is 37.6 Å². The molecule has 5 nitrogen and oxygen atoms in total. The van der Waals surface area contributed by atoms with Crippen LogP contribution in [0.3, 0.4) is 0 Å². The SMILES string of the molecule is C=CCOOCC(O)COOCC(=C)C. The van der Waals surface area contributed by atoms with Gasteiger partial charge in [-0.15, -0.1) is 6.58 Å². The third-order valence-electron chi connectivity index (χ3n) is 1.18. The minimum absolute atomic E-state index is 0.0181. The highest BCUT2D eigenvalue weighted by Gasteiger charge is 2.05. The number of hydrogen-bond donors (Lipinski definition) is 1. The van der Waals surface area contributed by atoms with Crippen molar-refractivity contribution in [1.29, 1.82) is 0 Å². The molecule has 0 fully saturated rings. The summed E-state index contributed by atoms with van der Waals surface area (Å²) in [4.78, 5) is 18.7. The molecular weight excluding hydrogens is 200 g/mol. The molecule has 0 bridgehead atoms. The molecule has 1 atom stereocenters. The molecule has 0 heterocycles. The lowest BCUT2D eigenvalue weighted by molar-refractivity contribution is -0.325. The topological polar surface area (TPSA) is 57.2 Å². The quantitative estimate of drug-likeness (QED) is 0.256. The Morgan fingerprint density at radius 3 is 2.40 bits per heavy atom. The van der Waals surface area contributed by atoms with E-state index >= 15 is 0 Å². The van der Waals surface area contributed by atoms with Crippen molar-refractivity contribution in [3.63, 3.8) is 0 Å². The van der Waals surface area contributed by atoms with Gasteiger partial charge in [0.25, 0.3) is 0 Å². The molecule has 0 saturated carbocycles. The van der Waals surface area contributed by atoms with Crippen LogP contribution in [0.2, 0.25) is 0 Å². The smallest absolute Gasteiger partial charge is 0.111 e. The zero-order chi connectivity index (χ0) is 11.5. The molecule has 88 valence electrons. The summed E-state index contributed by atoms with van der Waals surface area (Å²) in [6, 6.07) is 0. The first-order valence-electron chi connectivity index (χ1n) is 4.59. The first-order valence-corrected chi connectivity index (χ1v) is 4.59. The van der Waals surface area contributed by atoms with Crippen molar-refractivity contribution in [1.82, 2.24) is 0 Å². The van der Waals surface area contributed by atoms with Crippen molar-refractivity contribution < 1.29 is 24.7 Å². The molecule has 0 aromatic carbocycles. The normalized spacial score (nSPS) is 12.4. The highest BCUT2D eigenvalue weighted by molar-refractivity contribution is 4.86. The summed E-state index contributed by atoms with van der Waals surface area (Å²) in [5.41, 5.74) is 0.843. The van der Waals surface area contributed by atoms with E-state index in [-0.39, 0.29) is 19.8 Å². The van der Waals surface area contributed by atoms with E-state index in [1.54, 1.807) is 6.08 Å². The van der Waals surface area contributed by atoms with Gasteiger partial charge in [-0.3, -0.25) is 0 Å². The molecule has 1 unspecified atom stereocenters.